The summed E-state index contributed by atoms with van der Waals surface area (Å²) in [7, 11) is 0. The first-order chi connectivity index (χ1) is 10.3. The third kappa shape index (κ3) is 2.69. The third-order valence-corrected chi connectivity index (χ3v) is 4.34. The molecule has 0 bridgehead atoms. The van der Waals surface area contributed by atoms with Crippen LogP contribution in [0, 0.1) is 5.92 Å². The van der Waals surface area contributed by atoms with Crippen LogP contribution in [0.4, 0.5) is 0 Å². The van der Waals surface area contributed by atoms with Crippen LogP contribution in [0.2, 0.25) is 0 Å². The van der Waals surface area contributed by atoms with Gasteiger partial charge in [-0.3, -0.25) is 10.2 Å². The minimum absolute atomic E-state index is 0.0447. The Morgan fingerprint density at radius 2 is 2.10 bits per heavy atom. The summed E-state index contributed by atoms with van der Waals surface area (Å²) in [6.45, 7) is 0.771. The number of rotatable bonds is 4. The van der Waals surface area contributed by atoms with Gasteiger partial charge in [-0.2, -0.15) is 0 Å². The molecule has 0 aromatic heterocycles. The zero-order valence-electron chi connectivity index (χ0n) is 11.7. The lowest BCUT2D eigenvalue weighted by molar-refractivity contribution is -0.123. The van der Waals surface area contributed by atoms with Crippen molar-refractivity contribution in [3.05, 3.63) is 23.8 Å². The van der Waals surface area contributed by atoms with Gasteiger partial charge in [0, 0.05) is 12.6 Å². The minimum Gasteiger partial charge on any atom is -0.454 e. The fraction of sp³-hybridized carbons (Fsp3) is 0.533. The number of carbonyl (C=O) groups excluding carboxylic acids is 1. The van der Waals surface area contributed by atoms with Crippen molar-refractivity contribution >= 4 is 5.91 Å². The lowest BCUT2D eigenvalue weighted by Crippen LogP contribution is -2.43. The Bertz CT molecular complexity index is 559. The number of amides is 1. The van der Waals surface area contributed by atoms with Crippen molar-refractivity contribution in [1.29, 1.82) is 0 Å². The summed E-state index contributed by atoms with van der Waals surface area (Å²) in [6.07, 6.45) is 3.44. The van der Waals surface area contributed by atoms with E-state index in [2.05, 4.69) is 16.2 Å². The summed E-state index contributed by atoms with van der Waals surface area (Å²) >= 11 is 0. The Hall–Kier alpha value is -1.79. The van der Waals surface area contributed by atoms with E-state index in [9.17, 15) is 4.79 Å². The van der Waals surface area contributed by atoms with E-state index in [1.165, 1.54) is 12.8 Å². The van der Waals surface area contributed by atoms with E-state index in [4.69, 9.17) is 9.47 Å². The summed E-state index contributed by atoms with van der Waals surface area (Å²) in [5.41, 5.74) is 7.34. The molecule has 2 atom stereocenters. The van der Waals surface area contributed by atoms with Crippen LogP contribution >= 0.6 is 0 Å². The van der Waals surface area contributed by atoms with Gasteiger partial charge in [0.25, 0.3) is 0 Å². The predicted molar refractivity (Wildman–Crippen MR) is 75.6 cm³/mol. The van der Waals surface area contributed by atoms with Crippen LogP contribution in [0.3, 0.4) is 0 Å². The Morgan fingerprint density at radius 1 is 1.24 bits per heavy atom. The van der Waals surface area contributed by atoms with E-state index in [0.29, 0.717) is 12.6 Å². The maximum absolute atomic E-state index is 12.2. The number of hydrazine groups is 1. The fourth-order valence-electron chi connectivity index (χ4n) is 2.92. The Kier molecular flexibility index (Phi) is 3.20. The standard InChI is InChI=1S/C15H19N3O3/c19-15(12-6-11(17-18-12)10-2-3-10)16-7-9-1-4-13-14(5-9)21-8-20-13/h1,4-5,10-12,17-18H,2-3,6-8H2,(H,16,19). The predicted octanol–water partition coefficient (Wildman–Crippen LogP) is 0.677. The van der Waals surface area contributed by atoms with Crippen molar-refractivity contribution in [2.24, 2.45) is 5.92 Å². The quantitative estimate of drug-likeness (QED) is 0.760. The number of benzene rings is 1. The molecule has 3 N–H and O–H groups in total. The molecule has 0 radical (unpaired) electrons. The van der Waals surface area contributed by atoms with Gasteiger partial charge in [-0.05, 0) is 42.9 Å². The highest BCUT2D eigenvalue weighted by molar-refractivity contribution is 5.82. The van der Waals surface area contributed by atoms with Crippen LogP contribution in [0.15, 0.2) is 18.2 Å². The van der Waals surface area contributed by atoms with E-state index in [1.807, 2.05) is 18.2 Å². The van der Waals surface area contributed by atoms with E-state index in [1.54, 1.807) is 0 Å². The molecule has 2 heterocycles. The maximum Gasteiger partial charge on any atom is 0.238 e. The van der Waals surface area contributed by atoms with Crippen molar-refractivity contribution < 1.29 is 14.3 Å². The van der Waals surface area contributed by atoms with Gasteiger partial charge in [0.15, 0.2) is 11.5 Å². The molecule has 3 aliphatic rings. The van der Waals surface area contributed by atoms with Gasteiger partial charge in [0.05, 0.1) is 0 Å². The topological polar surface area (TPSA) is 71.6 Å². The van der Waals surface area contributed by atoms with Gasteiger partial charge in [0.1, 0.15) is 6.04 Å². The van der Waals surface area contributed by atoms with Crippen LogP contribution in [-0.4, -0.2) is 24.8 Å². The highest BCUT2D eigenvalue weighted by Crippen LogP contribution is 2.35. The van der Waals surface area contributed by atoms with Crippen molar-refractivity contribution in [2.75, 3.05) is 6.79 Å². The third-order valence-electron chi connectivity index (χ3n) is 4.34. The highest BCUT2D eigenvalue weighted by atomic mass is 16.7. The van der Waals surface area contributed by atoms with Crippen LogP contribution in [0.25, 0.3) is 0 Å². The zero-order valence-corrected chi connectivity index (χ0v) is 11.7. The second-order valence-corrected chi connectivity index (χ2v) is 5.93. The molecule has 1 aromatic rings. The molecule has 1 aromatic carbocycles. The first kappa shape index (κ1) is 12.9. The van der Waals surface area contributed by atoms with Crippen LogP contribution in [-0.2, 0) is 11.3 Å². The SMILES string of the molecule is O=C(NCc1ccc2c(c1)OCO2)C1CC(C2CC2)NN1. The average molecular weight is 289 g/mol. The highest BCUT2D eigenvalue weighted by Gasteiger charge is 2.38. The number of fused-ring (bicyclic) bond motifs is 1. The lowest BCUT2D eigenvalue weighted by Gasteiger charge is -2.11. The monoisotopic (exact) mass is 289 g/mol. The first-order valence-electron chi connectivity index (χ1n) is 7.47. The van der Waals surface area contributed by atoms with E-state index in [0.717, 1.165) is 29.4 Å². The van der Waals surface area contributed by atoms with E-state index < -0.39 is 0 Å². The van der Waals surface area contributed by atoms with Crippen LogP contribution in [0.1, 0.15) is 24.8 Å². The van der Waals surface area contributed by atoms with Gasteiger partial charge in [-0.15, -0.1) is 0 Å². The van der Waals surface area contributed by atoms with Crippen molar-refractivity contribution in [2.45, 2.75) is 37.9 Å². The van der Waals surface area contributed by atoms with Crippen molar-refractivity contribution in [3.8, 4) is 11.5 Å². The number of ether oxygens (including phenoxy) is 2. The second kappa shape index (κ2) is 5.20. The number of hydrogen-bond acceptors (Lipinski definition) is 5. The summed E-state index contributed by atoms with van der Waals surface area (Å²) in [5.74, 6) is 2.31. The molecule has 1 amide bonds. The molecule has 0 spiro atoms. The maximum atomic E-state index is 12.2. The fourth-order valence-corrected chi connectivity index (χ4v) is 2.92. The van der Waals surface area contributed by atoms with E-state index >= 15 is 0 Å². The van der Waals surface area contributed by atoms with Gasteiger partial charge >= 0.3 is 0 Å². The van der Waals surface area contributed by atoms with Crippen molar-refractivity contribution in [1.82, 2.24) is 16.2 Å². The summed E-state index contributed by atoms with van der Waals surface area (Å²) in [4.78, 5) is 12.2. The van der Waals surface area contributed by atoms with Gasteiger partial charge < -0.3 is 14.8 Å². The average Bonchev–Trinajstić information content (AvgIpc) is 3.05. The molecule has 112 valence electrons. The van der Waals surface area contributed by atoms with Crippen molar-refractivity contribution in [3.63, 3.8) is 0 Å². The normalized spacial score (nSPS) is 26.9. The molecule has 1 saturated heterocycles. The summed E-state index contributed by atoms with van der Waals surface area (Å²) < 4.78 is 10.6. The molecular formula is C15H19N3O3. The molecular weight excluding hydrogens is 270 g/mol. The molecule has 2 unspecified atom stereocenters. The largest absolute Gasteiger partial charge is 0.454 e. The molecule has 1 saturated carbocycles. The number of nitrogens with one attached hydrogen (secondary N) is 3. The molecule has 4 rings (SSSR count). The summed E-state index contributed by atoms with van der Waals surface area (Å²) in [6, 6.07) is 6.05. The first-order valence-corrected chi connectivity index (χ1v) is 7.47. The molecule has 1 aliphatic carbocycles. The van der Waals surface area contributed by atoms with Gasteiger partial charge in [-0.25, -0.2) is 5.43 Å². The van der Waals surface area contributed by atoms with Crippen LogP contribution < -0.4 is 25.6 Å². The zero-order chi connectivity index (χ0) is 14.2. The van der Waals surface area contributed by atoms with Gasteiger partial charge in [0.2, 0.25) is 12.7 Å². The molecule has 21 heavy (non-hydrogen) atoms. The molecule has 6 nitrogen and oxygen atoms in total. The molecule has 6 heteroatoms. The Balaban J connectivity index is 1.31. The Labute approximate surface area is 123 Å². The number of carbonyl (C=O) groups is 1. The minimum atomic E-state index is -0.135. The van der Waals surface area contributed by atoms with Crippen LogP contribution in [0.5, 0.6) is 11.5 Å². The lowest BCUT2D eigenvalue weighted by atomic mass is 10.1. The smallest absolute Gasteiger partial charge is 0.238 e. The van der Waals surface area contributed by atoms with E-state index in [-0.39, 0.29) is 18.7 Å². The number of hydrogen-bond donors (Lipinski definition) is 3. The summed E-state index contributed by atoms with van der Waals surface area (Å²) in [5, 5.41) is 2.97. The molecule has 2 fully saturated rings. The van der Waals surface area contributed by atoms with Gasteiger partial charge in [-0.1, -0.05) is 6.07 Å². The molecule has 2 aliphatic heterocycles. The second-order valence-electron chi connectivity index (χ2n) is 5.93. The Morgan fingerprint density at radius 3 is 2.95 bits per heavy atom.